The first-order valence-corrected chi connectivity index (χ1v) is 18.5. The molecule has 2 N–H and O–H groups in total. The molecule has 5 heterocycles. The number of benzene rings is 2. The van der Waals surface area contributed by atoms with Gasteiger partial charge >= 0.3 is 6.03 Å². The average Bonchev–Trinajstić information content (AvgIpc) is 3.41. The SMILES string of the molecule is Cn1nc(N2CCC(=O)NC2=O)c2ccc(C3CCN(Cc4cccc(S(=O)(=O)N5CCC(Nc6ncc(Br)cn6)CC5)c4)CC3)cc21. The van der Waals surface area contributed by atoms with E-state index in [2.05, 4.69) is 58.7 Å². The monoisotopic (exact) mass is 735 g/mol. The standard InChI is InChI=1S/C33H38BrN9O4S/c1-40-29-18-24(5-6-28(29)31(39-40)43-16-11-30(44)38-33(43)45)23-7-12-41(13-8-23)21-22-3-2-4-27(17-22)48(46,47)42-14-9-26(10-15-42)37-32-35-19-25(34)20-36-32/h2-6,17-20,23,26H,7-16,21H2,1H3,(H,35,36,37)(H,38,44,45). The van der Waals surface area contributed by atoms with Gasteiger partial charge in [0.1, 0.15) is 0 Å². The fourth-order valence-corrected chi connectivity index (χ4v) is 8.67. The third kappa shape index (κ3) is 6.81. The highest BCUT2D eigenvalue weighted by atomic mass is 79.9. The third-order valence-corrected chi connectivity index (χ3v) is 11.9. The van der Waals surface area contributed by atoms with Gasteiger partial charge in [-0.15, -0.1) is 0 Å². The van der Waals surface area contributed by atoms with Crippen molar-refractivity contribution in [3.05, 3.63) is 70.5 Å². The van der Waals surface area contributed by atoms with Crippen molar-refractivity contribution in [3.8, 4) is 0 Å². The molecule has 7 rings (SSSR count). The molecule has 2 aromatic heterocycles. The summed E-state index contributed by atoms with van der Waals surface area (Å²) in [5, 5.41) is 11.2. The minimum Gasteiger partial charge on any atom is -0.351 e. The van der Waals surface area contributed by atoms with Gasteiger partial charge in [-0.05, 0) is 96.0 Å². The molecule has 3 amide bonds. The molecule has 0 unspecified atom stereocenters. The number of rotatable bonds is 8. The summed E-state index contributed by atoms with van der Waals surface area (Å²) >= 11 is 3.34. The molecule has 252 valence electrons. The van der Waals surface area contributed by atoms with E-state index in [0.29, 0.717) is 61.6 Å². The number of fused-ring (bicyclic) bond motifs is 1. The Morgan fingerprint density at radius 1 is 0.958 bits per heavy atom. The number of nitrogens with zero attached hydrogens (tertiary/aromatic N) is 7. The van der Waals surface area contributed by atoms with Crippen LogP contribution in [0.5, 0.6) is 0 Å². The Kier molecular flexibility index (Phi) is 9.20. The molecule has 3 saturated heterocycles. The van der Waals surface area contributed by atoms with Gasteiger partial charge in [-0.3, -0.25) is 24.6 Å². The zero-order valence-corrected chi connectivity index (χ0v) is 29.1. The Morgan fingerprint density at radius 2 is 1.71 bits per heavy atom. The second-order valence-corrected chi connectivity index (χ2v) is 15.6. The summed E-state index contributed by atoms with van der Waals surface area (Å²) in [5.41, 5.74) is 3.18. The highest BCUT2D eigenvalue weighted by Crippen LogP contribution is 2.34. The Hall–Kier alpha value is -3.92. The number of amides is 3. The predicted molar refractivity (Wildman–Crippen MR) is 185 cm³/mol. The highest BCUT2D eigenvalue weighted by molar-refractivity contribution is 9.10. The molecule has 48 heavy (non-hydrogen) atoms. The molecule has 0 saturated carbocycles. The van der Waals surface area contributed by atoms with E-state index in [1.807, 2.05) is 31.3 Å². The Balaban J connectivity index is 0.946. The van der Waals surface area contributed by atoms with E-state index in [1.54, 1.807) is 27.4 Å². The number of hydrogen-bond donors (Lipinski definition) is 2. The van der Waals surface area contributed by atoms with Gasteiger partial charge in [0.05, 0.1) is 14.9 Å². The summed E-state index contributed by atoms with van der Waals surface area (Å²) in [5.74, 6) is 1.23. The van der Waals surface area contributed by atoms with Crippen LogP contribution in [0.2, 0.25) is 0 Å². The van der Waals surface area contributed by atoms with Gasteiger partial charge in [-0.25, -0.2) is 23.2 Å². The first kappa shape index (κ1) is 32.6. The summed E-state index contributed by atoms with van der Waals surface area (Å²) in [6.07, 6.45) is 6.96. The van der Waals surface area contributed by atoms with E-state index in [4.69, 9.17) is 0 Å². The number of anilines is 2. The van der Waals surface area contributed by atoms with E-state index in [1.165, 1.54) is 10.5 Å². The van der Waals surface area contributed by atoms with Gasteiger partial charge in [0, 0.05) is 63.5 Å². The van der Waals surface area contributed by atoms with Crippen molar-refractivity contribution in [3.63, 3.8) is 0 Å². The third-order valence-electron chi connectivity index (χ3n) is 9.57. The van der Waals surface area contributed by atoms with E-state index in [-0.39, 0.29) is 18.4 Å². The maximum atomic E-state index is 13.6. The van der Waals surface area contributed by atoms with E-state index in [9.17, 15) is 18.0 Å². The van der Waals surface area contributed by atoms with Crippen molar-refractivity contribution in [1.29, 1.82) is 0 Å². The largest absolute Gasteiger partial charge is 0.351 e. The fourth-order valence-electron chi connectivity index (χ4n) is 6.92. The maximum absolute atomic E-state index is 13.6. The molecule has 0 aliphatic carbocycles. The second kappa shape index (κ2) is 13.5. The number of halogens is 1. The molecule has 0 atom stereocenters. The van der Waals surface area contributed by atoms with Gasteiger partial charge in [0.2, 0.25) is 21.9 Å². The molecular weight excluding hydrogens is 698 g/mol. The molecule has 0 bridgehead atoms. The molecule has 4 aromatic rings. The lowest BCUT2D eigenvalue weighted by atomic mass is 9.89. The zero-order chi connectivity index (χ0) is 33.4. The first-order chi connectivity index (χ1) is 23.1. The average molecular weight is 737 g/mol. The van der Waals surface area contributed by atoms with Crippen LogP contribution < -0.4 is 15.5 Å². The number of sulfonamides is 1. The number of carbonyl (C=O) groups excluding carboxylic acids is 2. The number of imide groups is 1. The molecule has 3 fully saturated rings. The Bertz CT molecular complexity index is 1940. The van der Waals surface area contributed by atoms with Gasteiger partial charge in [-0.1, -0.05) is 18.2 Å². The molecule has 2 aromatic carbocycles. The van der Waals surface area contributed by atoms with Crippen molar-refractivity contribution >= 4 is 60.6 Å². The number of aromatic nitrogens is 4. The smallest absolute Gasteiger partial charge is 0.329 e. The first-order valence-electron chi connectivity index (χ1n) is 16.3. The van der Waals surface area contributed by atoms with Crippen LogP contribution in [0.25, 0.3) is 10.9 Å². The van der Waals surface area contributed by atoms with Crippen LogP contribution in [0, 0.1) is 0 Å². The van der Waals surface area contributed by atoms with Crippen LogP contribution in [0.4, 0.5) is 16.6 Å². The van der Waals surface area contributed by atoms with Crippen LogP contribution in [0.15, 0.2) is 64.2 Å². The van der Waals surface area contributed by atoms with Crippen LogP contribution in [-0.4, -0.2) is 88.1 Å². The summed E-state index contributed by atoms with van der Waals surface area (Å²) in [4.78, 5) is 36.9. The number of likely N-dealkylation sites (tertiary alicyclic amines) is 1. The Morgan fingerprint density at radius 3 is 2.44 bits per heavy atom. The number of piperidine rings is 2. The number of aryl methyl sites for hydroxylation is 1. The number of nitrogens with one attached hydrogen (secondary N) is 2. The van der Waals surface area contributed by atoms with Crippen LogP contribution in [0.1, 0.15) is 49.1 Å². The molecule has 0 spiro atoms. The van der Waals surface area contributed by atoms with E-state index < -0.39 is 16.1 Å². The minimum absolute atomic E-state index is 0.117. The quantitative estimate of drug-likeness (QED) is 0.272. The topological polar surface area (TPSA) is 146 Å². The summed E-state index contributed by atoms with van der Waals surface area (Å²) in [6, 6.07) is 13.4. The van der Waals surface area contributed by atoms with Crippen molar-refractivity contribution < 1.29 is 18.0 Å². The Labute approximate surface area is 287 Å². The minimum atomic E-state index is -3.60. The summed E-state index contributed by atoms with van der Waals surface area (Å²) in [7, 11) is -1.73. The predicted octanol–water partition coefficient (Wildman–Crippen LogP) is 4.22. The lowest BCUT2D eigenvalue weighted by molar-refractivity contribution is -0.120. The number of carbonyl (C=O) groups is 2. The maximum Gasteiger partial charge on any atom is 0.329 e. The van der Waals surface area contributed by atoms with Gasteiger partial charge in [0.15, 0.2) is 5.82 Å². The lowest BCUT2D eigenvalue weighted by Gasteiger charge is -2.33. The summed E-state index contributed by atoms with van der Waals surface area (Å²) < 4.78 is 31.4. The van der Waals surface area contributed by atoms with Crippen LogP contribution >= 0.6 is 15.9 Å². The van der Waals surface area contributed by atoms with Gasteiger partial charge in [0.25, 0.3) is 0 Å². The normalized spacial score (nSPS) is 19.2. The van der Waals surface area contributed by atoms with Crippen molar-refractivity contribution in [2.24, 2.45) is 7.05 Å². The molecule has 15 heteroatoms. The van der Waals surface area contributed by atoms with Crippen molar-refractivity contribution in [2.45, 2.75) is 55.5 Å². The van der Waals surface area contributed by atoms with Crippen LogP contribution in [-0.2, 0) is 28.4 Å². The fraction of sp³-hybridized carbons (Fsp3) is 0.424. The lowest BCUT2D eigenvalue weighted by Crippen LogP contribution is -2.49. The number of urea groups is 1. The molecule has 3 aliphatic heterocycles. The molecule has 3 aliphatic rings. The zero-order valence-electron chi connectivity index (χ0n) is 26.7. The second-order valence-electron chi connectivity index (χ2n) is 12.7. The number of hydrogen-bond acceptors (Lipinski definition) is 9. The van der Waals surface area contributed by atoms with Crippen molar-refractivity contribution in [2.75, 3.05) is 42.9 Å². The molecule has 13 nitrogen and oxygen atoms in total. The highest BCUT2D eigenvalue weighted by Gasteiger charge is 2.31. The van der Waals surface area contributed by atoms with E-state index in [0.717, 1.165) is 46.9 Å². The summed E-state index contributed by atoms with van der Waals surface area (Å²) in [6.45, 7) is 3.69. The molecular formula is C33H38BrN9O4S. The van der Waals surface area contributed by atoms with Crippen LogP contribution in [0.3, 0.4) is 0 Å². The molecule has 0 radical (unpaired) electrons. The van der Waals surface area contributed by atoms with Gasteiger partial charge in [-0.2, -0.15) is 9.40 Å². The van der Waals surface area contributed by atoms with Gasteiger partial charge < -0.3 is 5.32 Å². The van der Waals surface area contributed by atoms with E-state index >= 15 is 0 Å². The van der Waals surface area contributed by atoms with Crippen molar-refractivity contribution in [1.82, 2.24) is 34.3 Å².